The van der Waals surface area contributed by atoms with Gasteiger partial charge >= 0.3 is 5.97 Å². The molecule has 2 aromatic rings. The molecule has 1 aromatic heterocycles. The van der Waals surface area contributed by atoms with E-state index in [-0.39, 0.29) is 12.4 Å². The average molecular weight is 421 g/mol. The van der Waals surface area contributed by atoms with Crippen molar-refractivity contribution < 1.29 is 19.1 Å². The van der Waals surface area contributed by atoms with E-state index in [2.05, 4.69) is 19.2 Å². The summed E-state index contributed by atoms with van der Waals surface area (Å²) in [5, 5.41) is 2.70. The van der Waals surface area contributed by atoms with Gasteiger partial charge < -0.3 is 15.8 Å². The van der Waals surface area contributed by atoms with E-state index in [0.29, 0.717) is 10.6 Å². The lowest BCUT2D eigenvalue weighted by atomic mass is 10.1. The number of esters is 1. The largest absolute Gasteiger partial charge is 0.451 e. The second-order valence-corrected chi connectivity index (χ2v) is 8.19. The summed E-state index contributed by atoms with van der Waals surface area (Å²) in [5.41, 5.74) is 6.87. The van der Waals surface area contributed by atoms with Crippen molar-refractivity contribution in [1.82, 2.24) is 0 Å². The van der Waals surface area contributed by atoms with E-state index in [1.807, 2.05) is 6.07 Å². The van der Waals surface area contributed by atoms with Crippen LogP contribution in [0.3, 0.4) is 0 Å². The Kier molecular flexibility index (Phi) is 8.53. The predicted octanol–water partition coefficient (Wildman–Crippen LogP) is 3.64. The molecule has 0 saturated carbocycles. The van der Waals surface area contributed by atoms with Crippen molar-refractivity contribution in [3.8, 4) is 0 Å². The molecular formula is C20H24N2O4S2. The molecule has 0 unspecified atom stereocenters. The van der Waals surface area contributed by atoms with E-state index in [0.717, 1.165) is 29.7 Å². The van der Waals surface area contributed by atoms with Crippen LogP contribution < -0.4 is 11.1 Å². The summed E-state index contributed by atoms with van der Waals surface area (Å²) in [6.45, 7) is 3.77. The molecule has 0 radical (unpaired) electrons. The first-order valence-corrected chi connectivity index (χ1v) is 10.8. The van der Waals surface area contributed by atoms with Gasteiger partial charge in [-0.05, 0) is 36.6 Å². The SMILES string of the molecule is CCCc1sc(C(=O)OCC(=O)Nc2ccccc2SCC(N)=O)cc1CC. The zero-order valence-corrected chi connectivity index (χ0v) is 17.6. The molecule has 6 nitrogen and oxygen atoms in total. The number of anilines is 1. The maximum atomic E-state index is 12.3. The number of thiophene rings is 1. The lowest BCUT2D eigenvalue weighted by molar-refractivity contribution is -0.119. The molecule has 0 spiro atoms. The minimum Gasteiger partial charge on any atom is -0.451 e. The second kappa shape index (κ2) is 10.9. The van der Waals surface area contributed by atoms with Crippen LogP contribution in [0.25, 0.3) is 0 Å². The first kappa shape index (κ1) is 22.0. The fraction of sp³-hybridized carbons (Fsp3) is 0.350. The van der Waals surface area contributed by atoms with Gasteiger partial charge in [0.1, 0.15) is 4.88 Å². The molecule has 0 atom stereocenters. The van der Waals surface area contributed by atoms with Gasteiger partial charge in [0.2, 0.25) is 5.91 Å². The summed E-state index contributed by atoms with van der Waals surface area (Å²) < 4.78 is 5.17. The number of amides is 2. The number of thioether (sulfide) groups is 1. The lowest BCUT2D eigenvalue weighted by Gasteiger charge is -2.10. The van der Waals surface area contributed by atoms with Crippen molar-refractivity contribution in [1.29, 1.82) is 0 Å². The zero-order chi connectivity index (χ0) is 20.5. The van der Waals surface area contributed by atoms with Crippen LogP contribution in [0, 0.1) is 0 Å². The van der Waals surface area contributed by atoms with Crippen molar-refractivity contribution in [2.24, 2.45) is 5.73 Å². The highest BCUT2D eigenvalue weighted by molar-refractivity contribution is 8.00. The summed E-state index contributed by atoms with van der Waals surface area (Å²) in [5.74, 6) is -1.26. The van der Waals surface area contributed by atoms with Crippen molar-refractivity contribution in [2.75, 3.05) is 17.7 Å². The van der Waals surface area contributed by atoms with E-state index >= 15 is 0 Å². The Morgan fingerprint density at radius 2 is 1.96 bits per heavy atom. The Bertz CT molecular complexity index is 848. The van der Waals surface area contributed by atoms with Crippen LogP contribution in [0.5, 0.6) is 0 Å². The number of hydrogen-bond donors (Lipinski definition) is 2. The maximum Gasteiger partial charge on any atom is 0.348 e. The molecular weight excluding hydrogens is 396 g/mol. The highest BCUT2D eigenvalue weighted by Gasteiger charge is 2.16. The molecule has 1 aromatic carbocycles. The van der Waals surface area contributed by atoms with Gasteiger partial charge in [-0.15, -0.1) is 23.1 Å². The number of hydrogen-bond acceptors (Lipinski definition) is 6. The predicted molar refractivity (Wildman–Crippen MR) is 113 cm³/mol. The van der Waals surface area contributed by atoms with Gasteiger partial charge in [0, 0.05) is 9.77 Å². The molecule has 8 heteroatoms. The Morgan fingerprint density at radius 3 is 2.64 bits per heavy atom. The Balaban J connectivity index is 1.94. The minimum absolute atomic E-state index is 0.111. The van der Waals surface area contributed by atoms with E-state index in [9.17, 15) is 14.4 Å². The number of carbonyl (C=O) groups excluding carboxylic acids is 3. The molecule has 3 N–H and O–H groups in total. The fourth-order valence-corrected chi connectivity index (χ4v) is 4.53. The number of benzene rings is 1. The number of primary amides is 1. The number of nitrogens with one attached hydrogen (secondary N) is 1. The topological polar surface area (TPSA) is 98.5 Å². The number of aryl methyl sites for hydroxylation is 2. The van der Waals surface area contributed by atoms with Crippen molar-refractivity contribution in [3.05, 3.63) is 45.6 Å². The zero-order valence-electron chi connectivity index (χ0n) is 15.9. The molecule has 0 aliphatic carbocycles. The lowest BCUT2D eigenvalue weighted by Crippen LogP contribution is -2.21. The third kappa shape index (κ3) is 6.38. The van der Waals surface area contributed by atoms with E-state index < -0.39 is 17.8 Å². The highest BCUT2D eigenvalue weighted by Crippen LogP contribution is 2.27. The molecule has 150 valence electrons. The van der Waals surface area contributed by atoms with Gasteiger partial charge in [-0.25, -0.2) is 4.79 Å². The van der Waals surface area contributed by atoms with Crippen molar-refractivity contribution >= 4 is 46.6 Å². The fourth-order valence-electron chi connectivity index (χ4n) is 2.54. The van der Waals surface area contributed by atoms with E-state index in [1.165, 1.54) is 28.0 Å². The van der Waals surface area contributed by atoms with Crippen molar-refractivity contribution in [3.63, 3.8) is 0 Å². The van der Waals surface area contributed by atoms with Crippen LogP contribution in [0.15, 0.2) is 35.2 Å². The van der Waals surface area contributed by atoms with E-state index in [4.69, 9.17) is 10.5 Å². The number of para-hydroxylation sites is 1. The number of nitrogens with two attached hydrogens (primary N) is 1. The van der Waals surface area contributed by atoms with Gasteiger partial charge in [-0.2, -0.15) is 0 Å². The normalized spacial score (nSPS) is 10.5. The van der Waals surface area contributed by atoms with Crippen LogP contribution in [0.1, 0.15) is 40.4 Å². The van der Waals surface area contributed by atoms with Crippen molar-refractivity contribution in [2.45, 2.75) is 38.0 Å². The molecule has 0 fully saturated rings. The van der Waals surface area contributed by atoms with Gasteiger partial charge in [0.15, 0.2) is 6.61 Å². The highest BCUT2D eigenvalue weighted by atomic mass is 32.2. The third-order valence-corrected chi connectivity index (χ3v) is 6.13. The summed E-state index contributed by atoms with van der Waals surface area (Å²) in [4.78, 5) is 37.9. The molecule has 0 bridgehead atoms. The number of ether oxygens (including phenoxy) is 1. The van der Waals surface area contributed by atoms with Gasteiger partial charge in [-0.3, -0.25) is 9.59 Å². The molecule has 0 saturated heterocycles. The molecule has 2 rings (SSSR count). The number of carbonyl (C=O) groups is 3. The first-order valence-electron chi connectivity index (χ1n) is 9.03. The third-order valence-electron chi connectivity index (χ3n) is 3.82. The van der Waals surface area contributed by atoms with Crippen LogP contribution in [-0.4, -0.2) is 30.1 Å². The monoisotopic (exact) mass is 420 g/mol. The van der Waals surface area contributed by atoms with Crippen LogP contribution in [-0.2, 0) is 27.2 Å². The average Bonchev–Trinajstić information content (AvgIpc) is 3.09. The van der Waals surface area contributed by atoms with E-state index in [1.54, 1.807) is 24.3 Å². The molecule has 28 heavy (non-hydrogen) atoms. The molecule has 1 heterocycles. The Labute approximate surface area is 172 Å². The van der Waals surface area contributed by atoms with Crippen LogP contribution in [0.4, 0.5) is 5.69 Å². The summed E-state index contributed by atoms with van der Waals surface area (Å²) in [7, 11) is 0. The molecule has 0 aliphatic rings. The summed E-state index contributed by atoms with van der Waals surface area (Å²) in [6.07, 6.45) is 2.80. The smallest absolute Gasteiger partial charge is 0.348 e. The minimum atomic E-state index is -0.492. The maximum absolute atomic E-state index is 12.3. The summed E-state index contributed by atoms with van der Waals surface area (Å²) in [6, 6.07) is 8.92. The van der Waals surface area contributed by atoms with Gasteiger partial charge in [0.25, 0.3) is 5.91 Å². The van der Waals surface area contributed by atoms with Crippen LogP contribution in [0.2, 0.25) is 0 Å². The molecule has 0 aliphatic heterocycles. The number of rotatable bonds is 10. The second-order valence-electron chi connectivity index (χ2n) is 6.04. The standard InChI is InChI=1S/C20H24N2O4S2/c1-3-7-15-13(4-2)10-17(28-15)20(25)26-11-19(24)22-14-8-5-6-9-16(14)27-12-18(21)23/h5-6,8-10H,3-4,7,11-12H2,1-2H3,(H2,21,23)(H,22,24). The quantitative estimate of drug-likeness (QED) is 0.452. The first-order chi connectivity index (χ1) is 13.4. The summed E-state index contributed by atoms with van der Waals surface area (Å²) >= 11 is 2.67. The van der Waals surface area contributed by atoms with Gasteiger partial charge in [-0.1, -0.05) is 32.4 Å². The van der Waals surface area contributed by atoms with Gasteiger partial charge in [0.05, 0.1) is 11.4 Å². The Hall–Kier alpha value is -2.32. The Morgan fingerprint density at radius 1 is 1.21 bits per heavy atom. The van der Waals surface area contributed by atoms with Crippen LogP contribution >= 0.6 is 23.1 Å². The molecule has 2 amide bonds.